The fraction of sp³-hybridized carbons (Fsp3) is 0.458. The second-order valence-corrected chi connectivity index (χ2v) is 8.66. The van der Waals surface area contributed by atoms with Crippen molar-refractivity contribution in [2.75, 3.05) is 31.6 Å². The van der Waals surface area contributed by atoms with Gasteiger partial charge in [0.1, 0.15) is 17.7 Å². The van der Waals surface area contributed by atoms with Gasteiger partial charge in [0.2, 0.25) is 0 Å². The highest BCUT2D eigenvalue weighted by Gasteiger charge is 2.37. The Bertz CT molecular complexity index is 1170. The minimum atomic E-state index is -0.370. The molecule has 0 aliphatic carbocycles. The van der Waals surface area contributed by atoms with E-state index >= 15 is 0 Å². The zero-order valence-corrected chi connectivity index (χ0v) is 18.8. The molecule has 0 bridgehead atoms. The number of hydrogen-bond donors (Lipinski definition) is 1. The number of aryl methyl sites for hydroxylation is 2. The number of aliphatic hydroxyl groups is 1. The summed E-state index contributed by atoms with van der Waals surface area (Å²) in [6, 6.07) is 7.71. The first-order valence-corrected chi connectivity index (χ1v) is 11.2. The van der Waals surface area contributed by atoms with Crippen molar-refractivity contribution < 1.29 is 14.6 Å². The van der Waals surface area contributed by atoms with Gasteiger partial charge in [-0.1, -0.05) is 6.92 Å². The summed E-state index contributed by atoms with van der Waals surface area (Å²) >= 11 is 0. The van der Waals surface area contributed by atoms with E-state index in [4.69, 9.17) is 9.72 Å². The van der Waals surface area contributed by atoms with Gasteiger partial charge in [0.05, 0.1) is 35.6 Å². The average Bonchev–Trinajstić information content (AvgIpc) is 3.29. The van der Waals surface area contributed by atoms with Gasteiger partial charge in [0.15, 0.2) is 0 Å². The van der Waals surface area contributed by atoms with Gasteiger partial charge in [-0.2, -0.15) is 5.10 Å². The van der Waals surface area contributed by atoms with Gasteiger partial charge < -0.3 is 19.6 Å². The Morgan fingerprint density at radius 3 is 2.69 bits per heavy atom. The maximum atomic E-state index is 12.6. The number of rotatable bonds is 5. The van der Waals surface area contributed by atoms with Crippen LogP contribution in [0.1, 0.15) is 47.4 Å². The van der Waals surface area contributed by atoms with Gasteiger partial charge in [-0.3, -0.25) is 9.48 Å². The fourth-order valence-corrected chi connectivity index (χ4v) is 4.83. The van der Waals surface area contributed by atoms with Crippen molar-refractivity contribution in [1.82, 2.24) is 19.7 Å². The van der Waals surface area contributed by atoms with E-state index in [0.717, 1.165) is 60.4 Å². The highest BCUT2D eigenvalue weighted by atomic mass is 16.5. The molecule has 0 unspecified atom stereocenters. The number of piperidine rings is 1. The largest absolute Gasteiger partial charge is 0.490 e. The SMILES string of the molecule is CCc1cc2c(nc1N1CCC(Oc3ccc4c(cnn4C)c3)CC1)[C@@H](CO)N(C)C2=O. The fourth-order valence-electron chi connectivity index (χ4n) is 4.83. The zero-order chi connectivity index (χ0) is 22.4. The number of carbonyl (C=O) groups excluding carboxylic acids is 1. The molecule has 1 amide bonds. The van der Waals surface area contributed by atoms with Gasteiger partial charge in [0.25, 0.3) is 5.91 Å². The van der Waals surface area contributed by atoms with E-state index in [9.17, 15) is 9.90 Å². The van der Waals surface area contributed by atoms with E-state index in [1.54, 1.807) is 11.9 Å². The molecule has 5 rings (SSSR count). The van der Waals surface area contributed by atoms with Crippen molar-refractivity contribution in [3.05, 3.63) is 47.3 Å². The molecule has 1 fully saturated rings. The highest BCUT2D eigenvalue weighted by molar-refractivity contribution is 5.99. The molecule has 8 heteroatoms. The van der Waals surface area contributed by atoms with Crippen LogP contribution >= 0.6 is 0 Å². The van der Waals surface area contributed by atoms with Crippen LogP contribution in [0.25, 0.3) is 10.9 Å². The number of likely N-dealkylation sites (N-methyl/N-ethyl adjacent to an activating group) is 1. The molecule has 1 aromatic carbocycles. The summed E-state index contributed by atoms with van der Waals surface area (Å²) in [6.45, 7) is 3.65. The summed E-state index contributed by atoms with van der Waals surface area (Å²) in [7, 11) is 3.66. The number of anilines is 1. The highest BCUT2D eigenvalue weighted by Crippen LogP contribution is 2.35. The standard InChI is InChI=1S/C24H29N5O3/c1-4-15-12-19-22(21(14-30)27(2)24(19)31)26-23(15)29-9-7-17(8-10-29)32-18-5-6-20-16(11-18)13-25-28(20)3/h5-6,11-13,17,21,30H,4,7-10,14H2,1-3H3/t21-/m1/s1. The van der Waals surface area contributed by atoms with Crippen LogP contribution in [-0.2, 0) is 13.5 Å². The van der Waals surface area contributed by atoms with E-state index in [0.29, 0.717) is 11.3 Å². The summed E-state index contributed by atoms with van der Waals surface area (Å²) in [5, 5.41) is 15.2. The second kappa shape index (κ2) is 8.09. The molecule has 8 nitrogen and oxygen atoms in total. The molecule has 1 saturated heterocycles. The Morgan fingerprint density at radius 2 is 1.97 bits per heavy atom. The first-order valence-electron chi connectivity index (χ1n) is 11.2. The van der Waals surface area contributed by atoms with Crippen LogP contribution < -0.4 is 9.64 Å². The maximum Gasteiger partial charge on any atom is 0.256 e. The number of pyridine rings is 1. The van der Waals surface area contributed by atoms with Crippen molar-refractivity contribution in [3.8, 4) is 5.75 Å². The number of amides is 1. The van der Waals surface area contributed by atoms with Crippen LogP contribution in [0, 0.1) is 0 Å². The summed E-state index contributed by atoms with van der Waals surface area (Å²) in [5.74, 6) is 1.75. The van der Waals surface area contributed by atoms with Gasteiger partial charge in [-0.25, -0.2) is 4.98 Å². The Kier molecular flexibility index (Phi) is 5.25. The smallest absolute Gasteiger partial charge is 0.256 e. The lowest BCUT2D eigenvalue weighted by molar-refractivity contribution is 0.0715. The maximum absolute atomic E-state index is 12.6. The molecule has 1 N–H and O–H groups in total. The predicted molar refractivity (Wildman–Crippen MR) is 122 cm³/mol. The van der Waals surface area contributed by atoms with E-state index in [-0.39, 0.29) is 24.7 Å². The van der Waals surface area contributed by atoms with E-state index < -0.39 is 0 Å². The van der Waals surface area contributed by atoms with Crippen LogP contribution in [-0.4, -0.2) is 63.5 Å². The van der Waals surface area contributed by atoms with E-state index in [1.807, 2.05) is 36.1 Å². The third-order valence-electron chi connectivity index (χ3n) is 6.76. The summed E-state index contributed by atoms with van der Waals surface area (Å²) in [4.78, 5) is 21.3. The lowest BCUT2D eigenvalue weighted by Crippen LogP contribution is -2.39. The van der Waals surface area contributed by atoms with Gasteiger partial charge in [-0.15, -0.1) is 0 Å². The molecule has 0 spiro atoms. The van der Waals surface area contributed by atoms with Crippen LogP contribution in [0.5, 0.6) is 5.75 Å². The Hall–Kier alpha value is -3.13. The molecule has 2 aliphatic heterocycles. The van der Waals surface area contributed by atoms with Gasteiger partial charge >= 0.3 is 0 Å². The third kappa shape index (κ3) is 3.39. The van der Waals surface area contributed by atoms with Crippen LogP contribution in [0.4, 0.5) is 5.82 Å². The van der Waals surface area contributed by atoms with Crippen LogP contribution in [0.15, 0.2) is 30.5 Å². The first-order chi connectivity index (χ1) is 15.5. The molecular weight excluding hydrogens is 406 g/mol. The Morgan fingerprint density at radius 1 is 1.19 bits per heavy atom. The predicted octanol–water partition coefficient (Wildman–Crippen LogP) is 2.70. The number of benzene rings is 1. The molecule has 32 heavy (non-hydrogen) atoms. The molecule has 0 radical (unpaired) electrons. The molecule has 2 aromatic heterocycles. The van der Waals surface area contributed by atoms with E-state index in [2.05, 4.69) is 23.0 Å². The summed E-state index contributed by atoms with van der Waals surface area (Å²) in [5.41, 5.74) is 3.48. The van der Waals surface area contributed by atoms with Gasteiger partial charge in [0, 0.05) is 45.4 Å². The molecule has 1 atom stereocenters. The normalized spacial score (nSPS) is 19.1. The average molecular weight is 436 g/mol. The number of hydrogen-bond acceptors (Lipinski definition) is 6. The first kappa shape index (κ1) is 20.8. The molecule has 168 valence electrons. The summed E-state index contributed by atoms with van der Waals surface area (Å²) < 4.78 is 8.14. The number of carbonyl (C=O) groups is 1. The van der Waals surface area contributed by atoms with Crippen molar-refractivity contribution in [3.63, 3.8) is 0 Å². The van der Waals surface area contributed by atoms with Crippen molar-refractivity contribution in [1.29, 1.82) is 0 Å². The number of aromatic nitrogens is 3. The molecular formula is C24H29N5O3. The van der Waals surface area contributed by atoms with Crippen molar-refractivity contribution in [2.45, 2.75) is 38.3 Å². The minimum Gasteiger partial charge on any atom is -0.490 e. The topological polar surface area (TPSA) is 83.7 Å². The number of fused-ring (bicyclic) bond motifs is 2. The van der Waals surface area contributed by atoms with E-state index in [1.165, 1.54) is 0 Å². The van der Waals surface area contributed by atoms with Crippen LogP contribution in [0.3, 0.4) is 0 Å². The molecule has 0 saturated carbocycles. The minimum absolute atomic E-state index is 0.0644. The zero-order valence-electron chi connectivity index (χ0n) is 18.8. The van der Waals surface area contributed by atoms with Crippen molar-refractivity contribution >= 4 is 22.6 Å². The quantitative estimate of drug-likeness (QED) is 0.664. The van der Waals surface area contributed by atoms with Crippen LogP contribution in [0.2, 0.25) is 0 Å². The Balaban J connectivity index is 1.31. The Labute approximate surface area is 187 Å². The number of ether oxygens (including phenoxy) is 1. The van der Waals surface area contributed by atoms with Gasteiger partial charge in [-0.05, 0) is 36.2 Å². The summed E-state index contributed by atoms with van der Waals surface area (Å²) in [6.07, 6.45) is 4.61. The molecule has 4 heterocycles. The lowest BCUT2D eigenvalue weighted by Gasteiger charge is -2.34. The number of aliphatic hydroxyl groups excluding tert-OH is 1. The monoisotopic (exact) mass is 435 g/mol. The second-order valence-electron chi connectivity index (χ2n) is 8.66. The molecule has 3 aromatic rings. The molecule has 2 aliphatic rings. The lowest BCUT2D eigenvalue weighted by atomic mass is 10.0. The van der Waals surface area contributed by atoms with Crippen molar-refractivity contribution in [2.24, 2.45) is 7.05 Å². The number of nitrogens with zero attached hydrogens (tertiary/aromatic N) is 5. The third-order valence-corrected chi connectivity index (χ3v) is 6.76.